The number of anilines is 1. The first-order chi connectivity index (χ1) is 14.5. The lowest BCUT2D eigenvalue weighted by Gasteiger charge is -2.29. The fraction of sp³-hybridized carbons (Fsp3) is 0.273. The van der Waals surface area contributed by atoms with Gasteiger partial charge in [0, 0.05) is 24.8 Å². The van der Waals surface area contributed by atoms with Crippen LogP contribution >= 0.6 is 0 Å². The topological polar surface area (TPSA) is 81.0 Å². The van der Waals surface area contributed by atoms with Crippen LogP contribution in [0.4, 0.5) is 5.69 Å². The lowest BCUT2D eigenvalue weighted by molar-refractivity contribution is 0.354. The smallest absolute Gasteiger partial charge is 0.240 e. The number of fused-ring (bicyclic) bond motifs is 1. The van der Waals surface area contributed by atoms with Crippen molar-refractivity contribution in [2.45, 2.75) is 17.4 Å². The van der Waals surface area contributed by atoms with E-state index in [0.29, 0.717) is 17.3 Å². The summed E-state index contributed by atoms with van der Waals surface area (Å²) in [5, 5.41) is 0. The van der Waals surface area contributed by atoms with Crippen molar-refractivity contribution in [2.75, 3.05) is 32.2 Å². The molecule has 158 valence electrons. The predicted octanol–water partition coefficient (Wildman–Crippen LogP) is 3.38. The summed E-state index contributed by atoms with van der Waals surface area (Å²) in [6, 6.07) is 16.1. The Morgan fingerprint density at radius 2 is 1.87 bits per heavy atom. The number of rotatable bonds is 8. The fourth-order valence-electron chi connectivity index (χ4n) is 3.79. The van der Waals surface area contributed by atoms with Gasteiger partial charge in [-0.2, -0.15) is 0 Å². The largest absolute Gasteiger partial charge is 0.493 e. The number of para-hydroxylation sites is 1. The van der Waals surface area contributed by atoms with Gasteiger partial charge in [0.25, 0.3) is 0 Å². The highest BCUT2D eigenvalue weighted by Gasteiger charge is 2.30. The zero-order chi connectivity index (χ0) is 21.1. The molecule has 4 rings (SSSR count). The van der Waals surface area contributed by atoms with Gasteiger partial charge in [-0.15, -0.1) is 0 Å². The minimum atomic E-state index is -3.76. The van der Waals surface area contributed by atoms with E-state index < -0.39 is 10.0 Å². The molecule has 30 heavy (non-hydrogen) atoms. The molecule has 2 aromatic carbocycles. The maximum Gasteiger partial charge on any atom is 0.240 e. The summed E-state index contributed by atoms with van der Waals surface area (Å²) in [5.41, 5.74) is 2.35. The Morgan fingerprint density at radius 1 is 1.07 bits per heavy atom. The van der Waals surface area contributed by atoms with Crippen LogP contribution in [0.5, 0.6) is 11.5 Å². The van der Waals surface area contributed by atoms with Crippen molar-refractivity contribution in [3.05, 3.63) is 72.2 Å². The number of nitrogens with zero attached hydrogens (tertiary/aromatic N) is 1. The molecule has 0 saturated heterocycles. The maximum atomic E-state index is 13.0. The molecule has 0 radical (unpaired) electrons. The first-order valence-electron chi connectivity index (χ1n) is 9.63. The van der Waals surface area contributed by atoms with Crippen LogP contribution in [-0.2, 0) is 16.4 Å². The Labute approximate surface area is 176 Å². The van der Waals surface area contributed by atoms with Crippen molar-refractivity contribution in [3.63, 3.8) is 0 Å². The van der Waals surface area contributed by atoms with Crippen molar-refractivity contribution in [1.82, 2.24) is 4.72 Å². The normalized spacial score (nSPS) is 14.4. The minimum absolute atomic E-state index is 0.111. The third kappa shape index (κ3) is 3.88. The van der Waals surface area contributed by atoms with Gasteiger partial charge in [-0.1, -0.05) is 18.2 Å². The van der Waals surface area contributed by atoms with Crippen LogP contribution in [0.2, 0.25) is 0 Å². The molecule has 7 nitrogen and oxygen atoms in total. The van der Waals surface area contributed by atoms with Gasteiger partial charge >= 0.3 is 0 Å². The summed E-state index contributed by atoms with van der Waals surface area (Å²) in [4.78, 5) is 2.30. The number of ether oxygens (including phenoxy) is 2. The highest BCUT2D eigenvalue weighted by molar-refractivity contribution is 7.89. The Bertz CT molecular complexity index is 1110. The lowest BCUT2D eigenvalue weighted by Crippen LogP contribution is -2.37. The highest BCUT2D eigenvalue weighted by atomic mass is 32.2. The van der Waals surface area contributed by atoms with E-state index in [2.05, 4.69) is 21.8 Å². The van der Waals surface area contributed by atoms with Crippen LogP contribution in [0.25, 0.3) is 0 Å². The van der Waals surface area contributed by atoms with Gasteiger partial charge in [-0.3, -0.25) is 0 Å². The van der Waals surface area contributed by atoms with E-state index in [4.69, 9.17) is 13.9 Å². The summed E-state index contributed by atoms with van der Waals surface area (Å²) in [6.07, 6.45) is 2.52. The molecule has 2 heterocycles. The van der Waals surface area contributed by atoms with E-state index in [9.17, 15) is 8.42 Å². The van der Waals surface area contributed by atoms with Gasteiger partial charge in [0.2, 0.25) is 10.0 Å². The van der Waals surface area contributed by atoms with Crippen molar-refractivity contribution in [2.24, 2.45) is 0 Å². The molecule has 1 aliphatic rings. The first-order valence-corrected chi connectivity index (χ1v) is 11.1. The number of hydrogen-bond donors (Lipinski definition) is 1. The molecule has 1 aliphatic heterocycles. The summed E-state index contributed by atoms with van der Waals surface area (Å²) in [7, 11) is -0.787. The average molecular weight is 429 g/mol. The summed E-state index contributed by atoms with van der Waals surface area (Å²) in [6.45, 7) is 0.960. The van der Waals surface area contributed by atoms with Gasteiger partial charge in [0.05, 0.1) is 25.4 Å². The Balaban J connectivity index is 1.59. The standard InChI is InChI=1S/C22H24N2O5S/c1-27-21-10-9-17(14-22(21)28-2)30(25,26)23-15-19(20-8-5-13-29-20)24-12-11-16-6-3-4-7-18(16)24/h3-10,13-14,19,23H,11-12,15H2,1-2H3. The molecule has 0 spiro atoms. The van der Waals surface area contributed by atoms with Crippen LogP contribution in [0.15, 0.2) is 70.2 Å². The van der Waals surface area contributed by atoms with Gasteiger partial charge in [-0.05, 0) is 42.3 Å². The van der Waals surface area contributed by atoms with Crippen LogP contribution in [-0.4, -0.2) is 35.7 Å². The van der Waals surface area contributed by atoms with Crippen LogP contribution in [0.3, 0.4) is 0 Å². The second-order valence-corrected chi connectivity index (χ2v) is 8.74. The second kappa shape index (κ2) is 8.41. The van der Waals surface area contributed by atoms with Gasteiger partial charge in [0.1, 0.15) is 11.8 Å². The van der Waals surface area contributed by atoms with Gasteiger partial charge in [0.15, 0.2) is 11.5 Å². The maximum absolute atomic E-state index is 13.0. The predicted molar refractivity (Wildman–Crippen MR) is 114 cm³/mol. The molecule has 0 saturated carbocycles. The van der Waals surface area contributed by atoms with E-state index in [1.165, 1.54) is 31.9 Å². The highest BCUT2D eigenvalue weighted by Crippen LogP contribution is 2.35. The number of nitrogens with one attached hydrogen (secondary N) is 1. The quantitative estimate of drug-likeness (QED) is 0.592. The molecular formula is C22H24N2O5S. The molecule has 1 N–H and O–H groups in total. The van der Waals surface area contributed by atoms with Crippen LogP contribution in [0, 0.1) is 0 Å². The molecule has 0 fully saturated rings. The zero-order valence-corrected chi connectivity index (χ0v) is 17.7. The van der Waals surface area contributed by atoms with Gasteiger partial charge in [-0.25, -0.2) is 13.1 Å². The summed E-state index contributed by atoms with van der Waals surface area (Å²) < 4.78 is 44.8. The molecule has 1 atom stereocenters. The van der Waals surface area contributed by atoms with E-state index in [-0.39, 0.29) is 17.5 Å². The average Bonchev–Trinajstić information content (AvgIpc) is 3.44. The Morgan fingerprint density at radius 3 is 2.60 bits per heavy atom. The molecule has 8 heteroatoms. The Kier molecular flexibility index (Phi) is 5.69. The SMILES string of the molecule is COc1ccc(S(=O)(=O)NCC(c2ccco2)N2CCc3ccccc32)cc1OC. The van der Waals surface area contributed by atoms with E-state index in [1.807, 2.05) is 24.3 Å². The van der Waals surface area contributed by atoms with E-state index >= 15 is 0 Å². The van der Waals surface area contributed by atoms with Crippen molar-refractivity contribution in [1.29, 1.82) is 0 Å². The molecule has 1 aromatic heterocycles. The molecule has 0 aliphatic carbocycles. The molecule has 0 bridgehead atoms. The van der Waals surface area contributed by atoms with Crippen molar-refractivity contribution in [3.8, 4) is 11.5 Å². The molecule has 3 aromatic rings. The first kappa shape index (κ1) is 20.3. The Hall–Kier alpha value is -2.97. The van der Waals surface area contributed by atoms with Crippen molar-refractivity contribution < 1.29 is 22.3 Å². The number of benzene rings is 2. The van der Waals surface area contributed by atoms with Crippen LogP contribution in [0.1, 0.15) is 17.4 Å². The third-order valence-corrected chi connectivity index (χ3v) is 6.72. The molecule has 0 amide bonds. The number of hydrogen-bond acceptors (Lipinski definition) is 6. The molecule has 1 unspecified atom stereocenters. The van der Waals surface area contributed by atoms with Gasteiger partial charge < -0.3 is 18.8 Å². The zero-order valence-electron chi connectivity index (χ0n) is 16.9. The lowest BCUT2D eigenvalue weighted by atomic mass is 10.1. The monoisotopic (exact) mass is 428 g/mol. The number of sulfonamides is 1. The van der Waals surface area contributed by atoms with Crippen molar-refractivity contribution >= 4 is 15.7 Å². The fourth-order valence-corrected chi connectivity index (χ4v) is 4.84. The third-order valence-electron chi connectivity index (χ3n) is 5.30. The second-order valence-electron chi connectivity index (χ2n) is 6.97. The van der Waals surface area contributed by atoms with E-state index in [1.54, 1.807) is 12.3 Å². The summed E-state index contributed by atoms with van der Waals surface area (Å²) >= 11 is 0. The van der Waals surface area contributed by atoms with Crippen LogP contribution < -0.4 is 19.1 Å². The molecular weight excluding hydrogens is 404 g/mol. The van der Waals surface area contributed by atoms with E-state index in [0.717, 1.165) is 18.7 Å². The number of methoxy groups -OCH3 is 2. The summed E-state index contributed by atoms with van der Waals surface area (Å²) in [5.74, 6) is 1.54. The number of furan rings is 1. The minimum Gasteiger partial charge on any atom is -0.493 e.